The van der Waals surface area contributed by atoms with Gasteiger partial charge in [0, 0.05) is 13.5 Å². The van der Waals surface area contributed by atoms with Gasteiger partial charge in [0.2, 0.25) is 5.89 Å². The van der Waals surface area contributed by atoms with Gasteiger partial charge in [0.1, 0.15) is 0 Å². The maximum atomic E-state index is 5.78. The zero-order valence-corrected chi connectivity index (χ0v) is 10.0. The first-order valence-corrected chi connectivity index (χ1v) is 5.90. The minimum Gasteiger partial charge on any atom is -0.340 e. The van der Waals surface area contributed by atoms with Crippen LogP contribution in [0.5, 0.6) is 0 Å². The summed E-state index contributed by atoms with van der Waals surface area (Å²) in [6.45, 7) is 7.80. The van der Waals surface area contributed by atoms with Gasteiger partial charge in [-0.15, -0.1) is 0 Å². The largest absolute Gasteiger partial charge is 0.340 e. The normalized spacial score (nSPS) is 27.2. The van der Waals surface area contributed by atoms with Crippen molar-refractivity contribution in [3.63, 3.8) is 0 Å². The number of nitrogens with two attached hydrogens (primary N) is 1. The first-order chi connectivity index (χ1) is 7.69. The van der Waals surface area contributed by atoms with E-state index in [9.17, 15) is 0 Å². The van der Waals surface area contributed by atoms with Gasteiger partial charge in [-0.1, -0.05) is 12.1 Å². The average molecular weight is 224 g/mol. The summed E-state index contributed by atoms with van der Waals surface area (Å²) in [5.41, 5.74) is 5.78. The lowest BCUT2D eigenvalue weighted by atomic mass is 9.87. The Bertz CT molecular complexity index is 338. The van der Waals surface area contributed by atoms with E-state index in [0.717, 1.165) is 37.9 Å². The van der Waals surface area contributed by atoms with Crippen molar-refractivity contribution in [2.75, 3.05) is 19.6 Å². The van der Waals surface area contributed by atoms with E-state index in [1.807, 2.05) is 6.92 Å². The Morgan fingerprint density at radius 1 is 1.56 bits per heavy atom. The minimum absolute atomic E-state index is 0.599. The minimum atomic E-state index is 0.599. The first kappa shape index (κ1) is 11.5. The molecule has 2 atom stereocenters. The van der Waals surface area contributed by atoms with Crippen LogP contribution in [0, 0.1) is 18.8 Å². The summed E-state index contributed by atoms with van der Waals surface area (Å²) in [6.07, 6.45) is 1.21. The predicted octanol–water partition coefficient (Wildman–Crippen LogP) is 0.795. The van der Waals surface area contributed by atoms with Crippen molar-refractivity contribution in [3.05, 3.63) is 11.7 Å². The third-order valence-electron chi connectivity index (χ3n) is 3.44. The molecule has 1 aromatic rings. The Kier molecular flexibility index (Phi) is 3.56. The summed E-state index contributed by atoms with van der Waals surface area (Å²) in [5.74, 6) is 2.74. The number of aryl methyl sites for hydroxylation is 1. The number of rotatable bonds is 3. The Balaban J connectivity index is 1.91. The maximum absolute atomic E-state index is 5.78. The van der Waals surface area contributed by atoms with E-state index in [4.69, 9.17) is 10.3 Å². The molecule has 0 radical (unpaired) electrons. The molecule has 2 heterocycles. The number of aromatic nitrogens is 2. The highest BCUT2D eigenvalue weighted by molar-refractivity contribution is 4.87. The van der Waals surface area contributed by atoms with Crippen molar-refractivity contribution in [2.24, 2.45) is 17.6 Å². The van der Waals surface area contributed by atoms with Crippen molar-refractivity contribution in [1.29, 1.82) is 0 Å². The van der Waals surface area contributed by atoms with Crippen molar-refractivity contribution < 1.29 is 4.52 Å². The smallest absolute Gasteiger partial charge is 0.223 e. The van der Waals surface area contributed by atoms with Gasteiger partial charge in [-0.05, 0) is 31.3 Å². The molecule has 0 bridgehead atoms. The molecule has 2 rings (SSSR count). The number of piperidine rings is 1. The van der Waals surface area contributed by atoms with E-state index in [0.29, 0.717) is 11.8 Å². The third-order valence-corrected chi connectivity index (χ3v) is 3.44. The Morgan fingerprint density at radius 3 is 3.00 bits per heavy atom. The van der Waals surface area contributed by atoms with Crippen LogP contribution in [-0.2, 0) is 6.54 Å². The highest BCUT2D eigenvalue weighted by atomic mass is 16.5. The van der Waals surface area contributed by atoms with E-state index in [-0.39, 0.29) is 0 Å². The fourth-order valence-corrected chi connectivity index (χ4v) is 2.28. The molecular formula is C11H20N4O. The van der Waals surface area contributed by atoms with Gasteiger partial charge in [-0.2, -0.15) is 4.98 Å². The predicted molar refractivity (Wildman–Crippen MR) is 60.6 cm³/mol. The molecule has 0 aromatic carbocycles. The molecule has 0 amide bonds. The van der Waals surface area contributed by atoms with Crippen LogP contribution in [-0.4, -0.2) is 34.7 Å². The van der Waals surface area contributed by atoms with Gasteiger partial charge >= 0.3 is 0 Å². The van der Waals surface area contributed by atoms with Crippen LogP contribution in [0.2, 0.25) is 0 Å². The molecule has 5 heteroatoms. The zero-order valence-electron chi connectivity index (χ0n) is 10.0. The van der Waals surface area contributed by atoms with Crippen LogP contribution in [0.1, 0.15) is 25.1 Å². The van der Waals surface area contributed by atoms with E-state index < -0.39 is 0 Å². The zero-order chi connectivity index (χ0) is 11.5. The standard InChI is InChI=1S/C11H20N4O/c1-8-3-4-15(6-10(8)5-12)7-11-13-9(2)16-14-11/h8,10H,3-7,12H2,1-2H3. The van der Waals surface area contributed by atoms with Crippen molar-refractivity contribution >= 4 is 0 Å². The molecule has 1 saturated heterocycles. The van der Waals surface area contributed by atoms with E-state index >= 15 is 0 Å². The Labute approximate surface area is 96.0 Å². The van der Waals surface area contributed by atoms with Crippen LogP contribution in [0.4, 0.5) is 0 Å². The summed E-state index contributed by atoms with van der Waals surface area (Å²) in [7, 11) is 0. The van der Waals surface area contributed by atoms with Crippen molar-refractivity contribution in [2.45, 2.75) is 26.8 Å². The quantitative estimate of drug-likeness (QED) is 0.822. The lowest BCUT2D eigenvalue weighted by Gasteiger charge is -2.35. The lowest BCUT2D eigenvalue weighted by molar-refractivity contribution is 0.122. The first-order valence-electron chi connectivity index (χ1n) is 5.90. The second kappa shape index (κ2) is 4.93. The van der Waals surface area contributed by atoms with Gasteiger partial charge in [-0.3, -0.25) is 4.90 Å². The third kappa shape index (κ3) is 2.59. The molecular weight excluding hydrogens is 204 g/mol. The molecule has 0 aliphatic carbocycles. The summed E-state index contributed by atoms with van der Waals surface area (Å²) in [5, 5.41) is 3.92. The highest BCUT2D eigenvalue weighted by Crippen LogP contribution is 2.22. The Hall–Kier alpha value is -0.940. The molecule has 1 fully saturated rings. The summed E-state index contributed by atoms with van der Waals surface area (Å²) < 4.78 is 4.97. The van der Waals surface area contributed by atoms with Crippen LogP contribution >= 0.6 is 0 Å². The topological polar surface area (TPSA) is 68.2 Å². The molecule has 1 aliphatic heterocycles. The number of hydrogen-bond acceptors (Lipinski definition) is 5. The fourth-order valence-electron chi connectivity index (χ4n) is 2.28. The van der Waals surface area contributed by atoms with Gasteiger partial charge < -0.3 is 10.3 Å². The van der Waals surface area contributed by atoms with Crippen LogP contribution < -0.4 is 5.73 Å². The summed E-state index contributed by atoms with van der Waals surface area (Å²) >= 11 is 0. The number of nitrogens with zero attached hydrogens (tertiary/aromatic N) is 3. The maximum Gasteiger partial charge on any atom is 0.223 e. The van der Waals surface area contributed by atoms with E-state index in [2.05, 4.69) is 22.0 Å². The molecule has 1 aliphatic rings. The summed E-state index contributed by atoms with van der Waals surface area (Å²) in [6, 6.07) is 0. The molecule has 1 aromatic heterocycles. The van der Waals surface area contributed by atoms with Gasteiger partial charge in [-0.25, -0.2) is 0 Å². The molecule has 2 N–H and O–H groups in total. The number of hydrogen-bond donors (Lipinski definition) is 1. The second-order valence-corrected chi connectivity index (χ2v) is 4.73. The average Bonchev–Trinajstić information content (AvgIpc) is 2.67. The number of likely N-dealkylation sites (tertiary alicyclic amines) is 1. The summed E-state index contributed by atoms with van der Waals surface area (Å²) in [4.78, 5) is 6.59. The fraction of sp³-hybridized carbons (Fsp3) is 0.818. The van der Waals surface area contributed by atoms with Crippen LogP contribution in [0.15, 0.2) is 4.52 Å². The second-order valence-electron chi connectivity index (χ2n) is 4.73. The monoisotopic (exact) mass is 224 g/mol. The lowest BCUT2D eigenvalue weighted by Crippen LogP contribution is -2.42. The molecule has 16 heavy (non-hydrogen) atoms. The van der Waals surface area contributed by atoms with Gasteiger partial charge in [0.05, 0.1) is 6.54 Å². The Morgan fingerprint density at radius 2 is 2.38 bits per heavy atom. The van der Waals surface area contributed by atoms with Gasteiger partial charge in [0.15, 0.2) is 5.82 Å². The highest BCUT2D eigenvalue weighted by Gasteiger charge is 2.25. The molecule has 90 valence electrons. The van der Waals surface area contributed by atoms with Crippen LogP contribution in [0.3, 0.4) is 0 Å². The van der Waals surface area contributed by atoms with Crippen LogP contribution in [0.25, 0.3) is 0 Å². The van der Waals surface area contributed by atoms with Crippen molar-refractivity contribution in [1.82, 2.24) is 15.0 Å². The molecule has 5 nitrogen and oxygen atoms in total. The molecule has 0 saturated carbocycles. The molecule has 0 spiro atoms. The van der Waals surface area contributed by atoms with E-state index in [1.54, 1.807) is 0 Å². The SMILES string of the molecule is Cc1nc(CN2CCC(C)C(CN)C2)no1. The van der Waals surface area contributed by atoms with Gasteiger partial charge in [0.25, 0.3) is 0 Å². The van der Waals surface area contributed by atoms with Crippen molar-refractivity contribution in [3.8, 4) is 0 Å². The molecule has 2 unspecified atom stereocenters. The van der Waals surface area contributed by atoms with E-state index in [1.165, 1.54) is 6.42 Å².